The van der Waals surface area contributed by atoms with E-state index in [2.05, 4.69) is 10.3 Å². The van der Waals surface area contributed by atoms with Gasteiger partial charge >= 0.3 is 0 Å². The van der Waals surface area contributed by atoms with E-state index in [1.165, 1.54) is 11.6 Å². The van der Waals surface area contributed by atoms with Crippen LogP contribution in [0.3, 0.4) is 0 Å². The van der Waals surface area contributed by atoms with Crippen molar-refractivity contribution in [2.24, 2.45) is 0 Å². The molecule has 2 aromatic heterocycles. The Morgan fingerprint density at radius 3 is 2.83 bits per heavy atom. The number of halogens is 1. The van der Waals surface area contributed by atoms with Crippen LogP contribution in [0.5, 0.6) is 0 Å². The summed E-state index contributed by atoms with van der Waals surface area (Å²) in [7, 11) is 0. The van der Waals surface area contributed by atoms with Crippen LogP contribution >= 0.6 is 11.6 Å². The molecule has 0 aliphatic heterocycles. The molecule has 0 fully saturated rings. The minimum Gasteiger partial charge on any atom is -0.348 e. The third kappa shape index (κ3) is 3.60. The molecule has 1 N–H and O–H groups in total. The zero-order valence-electron chi connectivity index (χ0n) is 12.7. The molecule has 5 heteroatoms. The quantitative estimate of drug-likeness (QED) is 0.745. The molecule has 4 nitrogen and oxygen atoms in total. The first-order chi connectivity index (χ1) is 11.1. The Morgan fingerprint density at radius 2 is 2.04 bits per heavy atom. The maximum Gasteiger partial charge on any atom is 0.244 e. The number of nitrogens with zero attached hydrogens (tertiary/aromatic N) is 2. The number of nitrogens with one attached hydrogen (secondary N) is 1. The van der Waals surface area contributed by atoms with Gasteiger partial charge in [-0.1, -0.05) is 47.5 Å². The van der Waals surface area contributed by atoms with Gasteiger partial charge in [-0.3, -0.25) is 9.20 Å². The molecule has 116 valence electrons. The van der Waals surface area contributed by atoms with E-state index < -0.39 is 0 Å². The zero-order valence-corrected chi connectivity index (χ0v) is 13.4. The van der Waals surface area contributed by atoms with Crippen molar-refractivity contribution >= 4 is 29.2 Å². The maximum absolute atomic E-state index is 12.0. The Kier molecular flexibility index (Phi) is 4.44. The summed E-state index contributed by atoms with van der Waals surface area (Å²) in [6.45, 7) is 2.52. The average Bonchev–Trinajstić information content (AvgIpc) is 2.87. The van der Waals surface area contributed by atoms with E-state index in [9.17, 15) is 4.79 Å². The van der Waals surface area contributed by atoms with Gasteiger partial charge in [-0.25, -0.2) is 4.98 Å². The first-order valence-electron chi connectivity index (χ1n) is 7.27. The molecule has 1 aromatic carbocycles. The number of aromatic nitrogens is 2. The highest BCUT2D eigenvalue weighted by molar-refractivity contribution is 6.31. The normalized spacial score (nSPS) is 11.2. The molecule has 2 heterocycles. The highest BCUT2D eigenvalue weighted by atomic mass is 35.5. The van der Waals surface area contributed by atoms with Gasteiger partial charge in [0.1, 0.15) is 5.65 Å². The summed E-state index contributed by atoms with van der Waals surface area (Å²) in [5.41, 5.74) is 3.69. The van der Waals surface area contributed by atoms with Crippen molar-refractivity contribution in [3.8, 4) is 0 Å². The summed E-state index contributed by atoms with van der Waals surface area (Å²) < 4.78 is 1.84. The van der Waals surface area contributed by atoms with Crippen LogP contribution in [0.1, 0.15) is 16.8 Å². The van der Waals surface area contributed by atoms with Crippen molar-refractivity contribution in [3.63, 3.8) is 0 Å². The fourth-order valence-electron chi connectivity index (χ4n) is 2.24. The van der Waals surface area contributed by atoms with Gasteiger partial charge in [-0.15, -0.1) is 0 Å². The number of pyridine rings is 1. The number of hydrogen-bond donors (Lipinski definition) is 1. The van der Waals surface area contributed by atoms with Crippen molar-refractivity contribution in [3.05, 3.63) is 76.7 Å². The second-order valence-corrected chi connectivity index (χ2v) is 5.61. The number of rotatable bonds is 4. The van der Waals surface area contributed by atoms with Gasteiger partial charge in [-0.05, 0) is 30.7 Å². The van der Waals surface area contributed by atoms with E-state index in [4.69, 9.17) is 11.6 Å². The topological polar surface area (TPSA) is 46.4 Å². The van der Waals surface area contributed by atoms with Crippen LogP contribution < -0.4 is 5.32 Å². The Hall–Kier alpha value is -2.59. The van der Waals surface area contributed by atoms with Gasteiger partial charge in [-0.2, -0.15) is 0 Å². The molecule has 0 aliphatic rings. The standard InChI is InChI=1S/C18H16ClN3O/c1-13-5-7-14(8-6-13)12-20-17(23)10-9-15-18(19)21-16-4-2-3-11-22(15)16/h2-11H,12H2,1H3,(H,20,23)/b10-9+. The lowest BCUT2D eigenvalue weighted by atomic mass is 10.1. The highest BCUT2D eigenvalue weighted by Crippen LogP contribution is 2.18. The van der Waals surface area contributed by atoms with E-state index in [-0.39, 0.29) is 5.91 Å². The zero-order chi connectivity index (χ0) is 16.2. The number of benzene rings is 1. The molecule has 0 saturated heterocycles. The van der Waals surface area contributed by atoms with Gasteiger partial charge in [0.15, 0.2) is 5.15 Å². The molecular weight excluding hydrogens is 310 g/mol. The van der Waals surface area contributed by atoms with Crippen LogP contribution in [-0.2, 0) is 11.3 Å². The molecule has 3 aromatic rings. The molecule has 0 bridgehead atoms. The third-order valence-electron chi connectivity index (χ3n) is 3.50. The van der Waals surface area contributed by atoms with Crippen LogP contribution in [0.25, 0.3) is 11.7 Å². The molecule has 3 rings (SSSR count). The molecule has 0 radical (unpaired) electrons. The van der Waals surface area contributed by atoms with Gasteiger partial charge in [0.05, 0.1) is 5.69 Å². The van der Waals surface area contributed by atoms with Crippen molar-refractivity contribution in [2.45, 2.75) is 13.5 Å². The molecule has 0 spiro atoms. The Bertz CT molecular complexity index is 866. The number of carbonyl (C=O) groups excluding carboxylic acids is 1. The minimum absolute atomic E-state index is 0.174. The molecule has 1 amide bonds. The van der Waals surface area contributed by atoms with Crippen LogP contribution in [0.2, 0.25) is 5.15 Å². The molecule has 0 unspecified atom stereocenters. The SMILES string of the molecule is Cc1ccc(CNC(=O)/C=C/c2c(Cl)nc3ccccn23)cc1. The number of imidazole rings is 1. The Morgan fingerprint density at radius 1 is 1.26 bits per heavy atom. The van der Waals surface area contributed by atoms with E-state index in [0.29, 0.717) is 17.4 Å². The lowest BCUT2D eigenvalue weighted by Gasteiger charge is -2.03. The minimum atomic E-state index is -0.174. The van der Waals surface area contributed by atoms with Gasteiger partial charge in [0.2, 0.25) is 5.91 Å². The second kappa shape index (κ2) is 6.67. The maximum atomic E-state index is 12.0. The largest absolute Gasteiger partial charge is 0.348 e. The number of aryl methyl sites for hydroxylation is 1. The monoisotopic (exact) mass is 325 g/mol. The molecule has 0 saturated carbocycles. The number of hydrogen-bond acceptors (Lipinski definition) is 2. The molecule has 0 atom stereocenters. The van der Waals surface area contributed by atoms with Crippen molar-refractivity contribution in [1.29, 1.82) is 0 Å². The second-order valence-electron chi connectivity index (χ2n) is 5.25. The summed E-state index contributed by atoms with van der Waals surface area (Å²) in [4.78, 5) is 16.2. The summed E-state index contributed by atoms with van der Waals surface area (Å²) in [6, 6.07) is 13.7. The number of fused-ring (bicyclic) bond motifs is 1. The molecule has 23 heavy (non-hydrogen) atoms. The highest BCUT2D eigenvalue weighted by Gasteiger charge is 2.07. The lowest BCUT2D eigenvalue weighted by Crippen LogP contribution is -2.20. The van der Waals surface area contributed by atoms with Gasteiger partial charge in [0.25, 0.3) is 0 Å². The summed E-state index contributed by atoms with van der Waals surface area (Å²) in [5, 5.41) is 3.22. The Labute approximate surface area is 139 Å². The van der Waals surface area contributed by atoms with Crippen molar-refractivity contribution < 1.29 is 4.79 Å². The predicted octanol–water partition coefficient (Wildman–Crippen LogP) is 3.63. The van der Waals surface area contributed by atoms with Gasteiger partial charge < -0.3 is 5.32 Å². The van der Waals surface area contributed by atoms with Crippen molar-refractivity contribution in [2.75, 3.05) is 0 Å². The van der Waals surface area contributed by atoms with Crippen molar-refractivity contribution in [1.82, 2.24) is 14.7 Å². The van der Waals surface area contributed by atoms with E-state index in [1.807, 2.05) is 60.0 Å². The average molecular weight is 326 g/mol. The lowest BCUT2D eigenvalue weighted by molar-refractivity contribution is -0.116. The molecular formula is C18H16ClN3O. The fourth-order valence-corrected chi connectivity index (χ4v) is 2.48. The number of carbonyl (C=O) groups is 1. The van der Waals surface area contributed by atoms with Crippen LogP contribution in [0.15, 0.2) is 54.7 Å². The van der Waals surface area contributed by atoms with Crippen LogP contribution in [0, 0.1) is 6.92 Å². The number of amides is 1. The van der Waals surface area contributed by atoms with E-state index in [0.717, 1.165) is 11.2 Å². The smallest absolute Gasteiger partial charge is 0.244 e. The molecule has 0 aliphatic carbocycles. The van der Waals surface area contributed by atoms with E-state index >= 15 is 0 Å². The van der Waals surface area contributed by atoms with Gasteiger partial charge in [0, 0.05) is 18.8 Å². The predicted molar refractivity (Wildman–Crippen MR) is 92.3 cm³/mol. The van der Waals surface area contributed by atoms with E-state index in [1.54, 1.807) is 6.08 Å². The first-order valence-corrected chi connectivity index (χ1v) is 7.65. The summed E-state index contributed by atoms with van der Waals surface area (Å²) in [6.07, 6.45) is 5.00. The van der Waals surface area contributed by atoms with Crippen LogP contribution in [-0.4, -0.2) is 15.3 Å². The fraction of sp³-hybridized carbons (Fsp3) is 0.111. The summed E-state index contributed by atoms with van der Waals surface area (Å²) >= 11 is 6.12. The Balaban J connectivity index is 1.68. The summed E-state index contributed by atoms with van der Waals surface area (Å²) in [5.74, 6) is -0.174. The third-order valence-corrected chi connectivity index (χ3v) is 3.78. The van der Waals surface area contributed by atoms with Crippen LogP contribution in [0.4, 0.5) is 0 Å². The first kappa shape index (κ1) is 15.3.